The van der Waals surface area contributed by atoms with Crippen LogP contribution in [0, 0.1) is 6.92 Å². The van der Waals surface area contributed by atoms with E-state index in [0.717, 1.165) is 18.5 Å². The molecule has 0 bridgehead atoms. The van der Waals surface area contributed by atoms with E-state index in [4.69, 9.17) is 9.26 Å². The van der Waals surface area contributed by atoms with Gasteiger partial charge in [-0.3, -0.25) is 14.2 Å². The van der Waals surface area contributed by atoms with Gasteiger partial charge in [0.15, 0.2) is 5.82 Å². The van der Waals surface area contributed by atoms with Gasteiger partial charge in [0.25, 0.3) is 11.5 Å². The second kappa shape index (κ2) is 10.1. The van der Waals surface area contributed by atoms with E-state index in [0.29, 0.717) is 46.4 Å². The van der Waals surface area contributed by atoms with Crippen molar-refractivity contribution >= 4 is 22.6 Å². The minimum Gasteiger partial charge on any atom is -0.494 e. The Kier molecular flexibility index (Phi) is 6.58. The van der Waals surface area contributed by atoms with Gasteiger partial charge in [0.1, 0.15) is 18.3 Å². The minimum atomic E-state index is -0.356. The molecular weight excluding hydrogens is 446 g/mol. The van der Waals surface area contributed by atoms with E-state index in [1.807, 2.05) is 13.0 Å². The van der Waals surface area contributed by atoms with Gasteiger partial charge < -0.3 is 19.9 Å². The third-order valence-corrected chi connectivity index (χ3v) is 6.29. The van der Waals surface area contributed by atoms with Crippen molar-refractivity contribution < 1.29 is 14.1 Å². The predicted octanol–water partition coefficient (Wildman–Crippen LogP) is 3.85. The van der Waals surface area contributed by atoms with Gasteiger partial charge in [0.05, 0.1) is 23.2 Å². The molecule has 2 aromatic heterocycles. The van der Waals surface area contributed by atoms with Gasteiger partial charge in [0, 0.05) is 17.7 Å². The molecule has 0 radical (unpaired) electrons. The summed E-state index contributed by atoms with van der Waals surface area (Å²) in [6.45, 7) is 3.53. The van der Waals surface area contributed by atoms with Crippen molar-refractivity contribution in [3.05, 3.63) is 76.5 Å². The summed E-state index contributed by atoms with van der Waals surface area (Å²) in [7, 11) is 0. The van der Waals surface area contributed by atoms with E-state index in [2.05, 4.69) is 20.8 Å². The van der Waals surface area contributed by atoms with Crippen molar-refractivity contribution in [3.63, 3.8) is 0 Å². The molecule has 0 saturated carbocycles. The highest BCUT2D eigenvalue weighted by atomic mass is 16.5. The van der Waals surface area contributed by atoms with Crippen molar-refractivity contribution in [2.75, 3.05) is 18.5 Å². The zero-order valence-electron chi connectivity index (χ0n) is 19.5. The van der Waals surface area contributed by atoms with Crippen molar-refractivity contribution in [3.8, 4) is 11.4 Å². The summed E-state index contributed by atoms with van der Waals surface area (Å²) in [6.07, 6.45) is 7.45. The molecule has 1 saturated heterocycles. The maximum absolute atomic E-state index is 13.4. The first-order valence-electron chi connectivity index (χ1n) is 11.8. The van der Waals surface area contributed by atoms with Crippen LogP contribution in [0.5, 0.6) is 5.75 Å². The number of hydrogen-bond acceptors (Lipinski definition) is 7. The fraction of sp³-hybridized carbons (Fsp3) is 0.308. The summed E-state index contributed by atoms with van der Waals surface area (Å²) in [5, 5.41) is 10.3. The van der Waals surface area contributed by atoms with Crippen LogP contribution in [0.3, 0.4) is 0 Å². The lowest BCUT2D eigenvalue weighted by atomic mass is 10.0. The Morgan fingerprint density at radius 1 is 1.23 bits per heavy atom. The lowest BCUT2D eigenvalue weighted by molar-refractivity contribution is 0.102. The molecular formula is C26H27N5O4. The van der Waals surface area contributed by atoms with Crippen molar-refractivity contribution in [2.24, 2.45) is 0 Å². The molecule has 9 heteroatoms. The summed E-state index contributed by atoms with van der Waals surface area (Å²) in [5.74, 6) is 0.598. The lowest BCUT2D eigenvalue weighted by Gasteiger charge is -2.23. The number of ether oxygens (including phenoxy) is 1. The molecule has 1 atom stereocenters. The molecule has 1 amide bonds. The molecule has 9 nitrogen and oxygen atoms in total. The third kappa shape index (κ3) is 5.09. The van der Waals surface area contributed by atoms with Crippen LogP contribution in [-0.4, -0.2) is 39.8 Å². The molecule has 35 heavy (non-hydrogen) atoms. The second-order valence-electron chi connectivity index (χ2n) is 8.72. The van der Waals surface area contributed by atoms with Gasteiger partial charge >= 0.3 is 0 Å². The highest BCUT2D eigenvalue weighted by Crippen LogP contribution is 2.20. The number of fused-ring (bicyclic) bond motifs is 1. The molecule has 1 fully saturated rings. The Morgan fingerprint density at radius 3 is 2.94 bits per heavy atom. The number of carbonyl (C=O) groups excluding carboxylic acids is 1. The Labute approximate surface area is 202 Å². The van der Waals surface area contributed by atoms with Crippen LogP contribution in [0.4, 0.5) is 5.82 Å². The molecule has 5 rings (SSSR count). The van der Waals surface area contributed by atoms with Crippen LogP contribution < -0.4 is 20.9 Å². The molecule has 0 spiro atoms. The van der Waals surface area contributed by atoms with Gasteiger partial charge in [-0.1, -0.05) is 17.6 Å². The molecule has 1 aliphatic heterocycles. The SMILES string of the molecule is Cc1ccc(C(=O)Nc2ccon2)cc1-n1cnc2ccc(OCCC3CCCCN3)cc2c1=O. The first-order chi connectivity index (χ1) is 17.1. The predicted molar refractivity (Wildman–Crippen MR) is 132 cm³/mol. The van der Waals surface area contributed by atoms with E-state index < -0.39 is 0 Å². The molecule has 2 aromatic carbocycles. The van der Waals surface area contributed by atoms with Crippen LogP contribution in [0.2, 0.25) is 0 Å². The van der Waals surface area contributed by atoms with Crippen LogP contribution >= 0.6 is 0 Å². The van der Waals surface area contributed by atoms with Crippen molar-refractivity contribution in [1.82, 2.24) is 20.0 Å². The molecule has 4 aromatic rings. The van der Waals surface area contributed by atoms with E-state index in [1.54, 1.807) is 36.4 Å². The van der Waals surface area contributed by atoms with E-state index in [9.17, 15) is 9.59 Å². The summed E-state index contributed by atoms with van der Waals surface area (Å²) < 4.78 is 12.2. The average Bonchev–Trinajstić information content (AvgIpc) is 3.39. The number of aryl methyl sites for hydroxylation is 1. The summed E-state index contributed by atoms with van der Waals surface area (Å²) in [4.78, 5) is 30.5. The molecule has 1 unspecified atom stereocenters. The second-order valence-corrected chi connectivity index (χ2v) is 8.72. The number of carbonyl (C=O) groups is 1. The Bertz CT molecular complexity index is 1390. The van der Waals surface area contributed by atoms with Crippen LogP contribution in [-0.2, 0) is 0 Å². The van der Waals surface area contributed by atoms with Gasteiger partial charge in [-0.15, -0.1) is 0 Å². The number of rotatable bonds is 7. The number of aromatic nitrogens is 3. The van der Waals surface area contributed by atoms with E-state index in [-0.39, 0.29) is 11.5 Å². The smallest absolute Gasteiger partial charge is 0.265 e. The maximum Gasteiger partial charge on any atom is 0.265 e. The maximum atomic E-state index is 13.4. The number of nitrogens with one attached hydrogen (secondary N) is 2. The normalized spacial score (nSPS) is 15.7. The molecule has 1 aliphatic rings. The van der Waals surface area contributed by atoms with Gasteiger partial charge in [0.2, 0.25) is 0 Å². The first-order valence-corrected chi connectivity index (χ1v) is 11.8. The Hall–Kier alpha value is -3.98. The number of amides is 1. The number of piperidine rings is 1. The zero-order chi connectivity index (χ0) is 24.2. The van der Waals surface area contributed by atoms with E-state index >= 15 is 0 Å². The number of nitrogens with zero attached hydrogens (tertiary/aromatic N) is 3. The number of benzene rings is 2. The minimum absolute atomic E-state index is 0.230. The zero-order valence-corrected chi connectivity index (χ0v) is 19.5. The monoisotopic (exact) mass is 473 g/mol. The Balaban J connectivity index is 1.39. The van der Waals surface area contributed by atoms with Crippen molar-refractivity contribution in [1.29, 1.82) is 0 Å². The quantitative estimate of drug-likeness (QED) is 0.419. The highest BCUT2D eigenvalue weighted by molar-refractivity contribution is 6.04. The van der Waals surface area contributed by atoms with Crippen LogP contribution in [0.1, 0.15) is 41.6 Å². The van der Waals surface area contributed by atoms with Gasteiger partial charge in [-0.2, -0.15) is 0 Å². The summed E-state index contributed by atoms with van der Waals surface area (Å²) in [6, 6.07) is 12.6. The number of hydrogen-bond donors (Lipinski definition) is 2. The summed E-state index contributed by atoms with van der Waals surface area (Å²) >= 11 is 0. The van der Waals surface area contributed by atoms with E-state index in [1.165, 1.54) is 36.4 Å². The number of anilines is 1. The standard InChI is InChI=1S/C26H27N5O4/c1-17-5-6-18(25(32)29-24-10-13-35-30-24)14-23(17)31-16-28-22-8-7-20(15-21(22)26(31)33)34-12-9-19-4-2-3-11-27-19/h5-8,10,13-16,19,27H,2-4,9,11-12H2,1H3,(H,29,30,32). The topological polar surface area (TPSA) is 111 Å². The van der Waals surface area contributed by atoms with Gasteiger partial charge in [-0.05, 0) is 68.6 Å². The molecule has 2 N–H and O–H groups in total. The molecule has 0 aliphatic carbocycles. The van der Waals surface area contributed by atoms with Crippen LogP contribution in [0.15, 0.2) is 64.4 Å². The van der Waals surface area contributed by atoms with Gasteiger partial charge in [-0.25, -0.2) is 4.98 Å². The molecule has 3 heterocycles. The lowest BCUT2D eigenvalue weighted by Crippen LogP contribution is -2.35. The first kappa shape index (κ1) is 22.8. The largest absolute Gasteiger partial charge is 0.494 e. The van der Waals surface area contributed by atoms with Crippen molar-refractivity contribution in [2.45, 2.75) is 38.6 Å². The summed E-state index contributed by atoms with van der Waals surface area (Å²) in [5.41, 5.74) is 2.15. The fourth-order valence-electron chi connectivity index (χ4n) is 4.33. The Morgan fingerprint density at radius 2 is 2.14 bits per heavy atom. The third-order valence-electron chi connectivity index (χ3n) is 6.29. The van der Waals surface area contributed by atoms with Crippen LogP contribution in [0.25, 0.3) is 16.6 Å². The average molecular weight is 474 g/mol. The highest BCUT2D eigenvalue weighted by Gasteiger charge is 2.15. The fourth-order valence-corrected chi connectivity index (χ4v) is 4.33. The molecule has 180 valence electrons.